The number of aliphatic hydroxyl groups is 2. The molecule has 148 heavy (non-hydrogen) atoms. The van der Waals surface area contributed by atoms with Crippen LogP contribution >= 0.6 is 15.9 Å². The summed E-state index contributed by atoms with van der Waals surface area (Å²) in [5, 5.41) is 30.9. The number of alkyl halides is 1. The van der Waals surface area contributed by atoms with Crippen LogP contribution in [0.4, 0.5) is 33.2 Å². The Bertz CT molecular complexity index is 6940. The van der Waals surface area contributed by atoms with E-state index in [1.807, 2.05) is 125 Å². The van der Waals surface area contributed by atoms with Crippen molar-refractivity contribution in [3.8, 4) is 23.0 Å². The number of nitrogens with two attached hydrogens (primary N) is 1. The summed E-state index contributed by atoms with van der Waals surface area (Å²) in [5.41, 5.74) is 5.14. The van der Waals surface area contributed by atoms with Crippen molar-refractivity contribution in [1.29, 1.82) is 0 Å². The van der Waals surface area contributed by atoms with Crippen LogP contribution in [0.15, 0.2) is 300 Å². The number of nitrogen functional groups attached to an aromatic ring is 1. The summed E-state index contributed by atoms with van der Waals surface area (Å²) in [6, 6.07) is 62.7. The molecular formula is C108H121BrN14O25. The Morgan fingerprint density at radius 2 is 0.804 bits per heavy atom. The second-order valence-corrected chi connectivity index (χ2v) is 35.8. The minimum absolute atomic E-state index is 0.0830. The standard InChI is InChI=1S/C25H25N3O5.C21H17N3O5.C18H21N3O4.C14H19NO3.C11H8N2O3.C8H16BrNO2.C7H9N.C4H6O3/c1-2-3-17-33-20-11-9-19(10-12-20)26-15-13-21(24(26)31)27-16-14-22(29)28(25(27)32)23(30)18-7-5-4-6-8-18;25-16-8-6-15(7-9-16)22-12-10-17(20(22)28)23-13-11-18(26)24(21(23)29)19(27)14-4-2-1-3-5-14;1-2-3-12-25-14-6-4-13(5-7-14)20-10-8-15(17(20)23)21-11-9-16(22)19-18(21)24;1-2-3-10-18-12-6-4-11(5-7-12)15-9-8-13(16)14(15)17;14-9-6-7-12-11(16)13(9)10(15)8-4-2-1-3-5-8;1-8(2,3)12-7(11)10-6-4-5-9;1-6-2-4-7(8)5-3-6;5-3-1-2-7-4(3)6/h4-12,14,16,21H,2-3,13,15,17H2,1H3;1-9,11,13,17,25H,10,12H2;4-7,9,11,15H,2-3,8,10,12H2,1H3,(H,19,22,24);4-7,13,16H,2-3,8-10H2,1H3;1-7H,(H,12,16);4-6H2,1-3H3,(H,10,11);2-5H,8H2,1H3;3,5H,1-2H2. The van der Waals surface area contributed by atoms with Gasteiger partial charge in [-0.3, -0.25) is 71.4 Å². The third kappa shape index (κ3) is 32.3. The average molecular weight is 2100 g/mol. The first-order valence-corrected chi connectivity index (χ1v) is 49.4. The minimum Gasteiger partial charge on any atom is -0.508 e. The predicted octanol–water partition coefficient (Wildman–Crippen LogP) is 11.3. The van der Waals surface area contributed by atoms with E-state index in [9.17, 15) is 91.7 Å². The number of aliphatic hydroxyl groups excluding tert-OH is 2. The molecule has 5 unspecified atom stereocenters. The molecule has 5 saturated heterocycles. The lowest BCUT2D eigenvalue weighted by molar-refractivity contribution is -0.144. The van der Waals surface area contributed by atoms with Crippen LogP contribution < -0.4 is 89.9 Å². The van der Waals surface area contributed by atoms with E-state index in [0.717, 1.165) is 114 Å². The number of alkyl carbamates (subject to hydrolysis) is 1. The second-order valence-electron chi connectivity index (χ2n) is 35.0. The van der Waals surface area contributed by atoms with Gasteiger partial charge in [0, 0.05) is 145 Å². The van der Waals surface area contributed by atoms with Gasteiger partial charge in [-0.2, -0.15) is 13.7 Å². The summed E-state index contributed by atoms with van der Waals surface area (Å²) in [6.07, 6.45) is 12.5. The number of ether oxygens (including phenoxy) is 5. The van der Waals surface area contributed by atoms with Gasteiger partial charge < -0.3 is 74.6 Å². The number of cyclic esters (lactones) is 1. The lowest BCUT2D eigenvalue weighted by Crippen LogP contribution is -2.45. The molecule has 0 bridgehead atoms. The first-order chi connectivity index (χ1) is 71.0. The number of aromatic amines is 2. The van der Waals surface area contributed by atoms with Gasteiger partial charge in [-0.15, -0.1) is 0 Å². The zero-order valence-electron chi connectivity index (χ0n) is 83.0. The number of carbonyl (C=O) groups excluding carboxylic acids is 9. The van der Waals surface area contributed by atoms with Crippen molar-refractivity contribution in [1.82, 2.24) is 42.7 Å². The lowest BCUT2D eigenvalue weighted by atomic mass is 10.2. The Labute approximate surface area is 859 Å². The van der Waals surface area contributed by atoms with Gasteiger partial charge in [0.1, 0.15) is 52.8 Å². The van der Waals surface area contributed by atoms with E-state index in [4.69, 9.17) is 29.8 Å². The Morgan fingerprint density at radius 3 is 1.14 bits per heavy atom. The molecular weight excluding hydrogens is 1970 g/mol. The number of aryl methyl sites for hydroxylation is 1. The van der Waals surface area contributed by atoms with E-state index in [0.29, 0.717) is 115 Å². The van der Waals surface area contributed by atoms with E-state index < -0.39 is 105 Å². The number of anilines is 5. The minimum atomic E-state index is -0.850. The fourth-order valence-corrected chi connectivity index (χ4v) is 15.4. The smallest absolute Gasteiger partial charge is 0.407 e. The molecule has 40 heteroatoms. The normalized spacial score (nSPS) is 15.8. The van der Waals surface area contributed by atoms with E-state index in [2.05, 4.69) is 56.7 Å². The Balaban J connectivity index is 0.000000180. The summed E-state index contributed by atoms with van der Waals surface area (Å²) >= 11 is 3.27. The quantitative estimate of drug-likeness (QED) is 0.0121. The number of esters is 1. The molecule has 39 nitrogen and oxygen atoms in total. The Kier molecular flexibility index (Phi) is 43.0. The summed E-state index contributed by atoms with van der Waals surface area (Å²) in [7, 11) is 0. The van der Waals surface area contributed by atoms with Gasteiger partial charge in [-0.1, -0.05) is 128 Å². The van der Waals surface area contributed by atoms with Gasteiger partial charge in [-0.25, -0.2) is 28.8 Å². The fraction of sp³-hybridized carbons (Fsp3) is 0.324. The van der Waals surface area contributed by atoms with Crippen molar-refractivity contribution in [3.63, 3.8) is 0 Å². The summed E-state index contributed by atoms with van der Waals surface area (Å²) in [6.45, 7) is 18.8. The number of phenolic OH excluding ortho intramolecular Hbond substituents is 1. The van der Waals surface area contributed by atoms with E-state index in [-0.39, 0.29) is 46.6 Å². The average Bonchev–Trinajstić information content (AvgIpc) is 1.40. The van der Waals surface area contributed by atoms with Crippen LogP contribution in [0.2, 0.25) is 0 Å². The van der Waals surface area contributed by atoms with E-state index >= 15 is 0 Å². The van der Waals surface area contributed by atoms with Gasteiger partial charge in [0.2, 0.25) is 17.7 Å². The molecule has 0 aliphatic carbocycles. The molecule has 5 aliphatic rings. The molecule has 5 fully saturated rings. The van der Waals surface area contributed by atoms with Crippen LogP contribution in [0.5, 0.6) is 23.0 Å². The van der Waals surface area contributed by atoms with Crippen molar-refractivity contribution in [2.24, 2.45) is 0 Å². The molecule has 8 aromatic carbocycles. The number of unbranched alkanes of at least 4 members (excludes halogenated alkanes) is 3. The maximum Gasteiger partial charge on any atom is 0.407 e. The van der Waals surface area contributed by atoms with Crippen molar-refractivity contribution in [2.45, 2.75) is 161 Å². The summed E-state index contributed by atoms with van der Waals surface area (Å²) in [4.78, 5) is 216. The molecule has 8 N–H and O–H groups in total. The third-order valence-corrected chi connectivity index (χ3v) is 23.5. The number of H-pyrrole nitrogens is 2. The monoisotopic (exact) mass is 2090 g/mol. The maximum absolute atomic E-state index is 13.2. The largest absolute Gasteiger partial charge is 0.508 e. The number of carbonyl (C=O) groups is 9. The Hall–Kier alpha value is -16.5. The zero-order chi connectivity index (χ0) is 107. The number of rotatable bonds is 25. The SMILES string of the molecule is CC(C)(C)OC(=O)NCCCBr.CCCCOc1ccc(N2CCC(O)C2=O)cc1.CCCCOc1ccc(N2CCC(n3ccc(=O)[nH]c3=O)C2=O)cc1.CCCCOc1ccc(N2CCC(n3ccc(=O)n(C(=O)c4ccccc4)c3=O)C2=O)cc1.Cc1ccc(N)cc1.O=C(c1ccccc1)n1c(=O)cc[nH]c1=O.O=C1C(n2ccc(=O)n(C(=O)c3ccccc3)c2=O)CCN1c1ccc(O)cc1.O=C1OCCC1O. The molecule has 0 radical (unpaired) electrons. The van der Waals surface area contributed by atoms with E-state index in [1.54, 1.807) is 93.6 Å². The molecule has 4 aromatic heterocycles. The number of amides is 5. The van der Waals surface area contributed by atoms with Gasteiger partial charge in [-0.05, 0) is 218 Å². The number of hydrogen-bond acceptors (Lipinski definition) is 26. The highest BCUT2D eigenvalue weighted by atomic mass is 79.9. The van der Waals surface area contributed by atoms with Crippen molar-refractivity contribution in [2.75, 3.05) is 89.8 Å². The first-order valence-electron chi connectivity index (χ1n) is 48.3. The highest BCUT2D eigenvalue weighted by molar-refractivity contribution is 9.09. The van der Waals surface area contributed by atoms with E-state index in [1.165, 1.54) is 86.8 Å². The summed E-state index contributed by atoms with van der Waals surface area (Å²) < 4.78 is 31.5. The lowest BCUT2D eigenvalue weighted by Gasteiger charge is -2.19. The number of aromatic nitrogens is 8. The van der Waals surface area contributed by atoms with Crippen molar-refractivity contribution < 1.29 is 82.2 Å². The molecule has 0 saturated carbocycles. The third-order valence-electron chi connectivity index (χ3n) is 23.0. The topological polar surface area (TPSA) is 509 Å². The predicted molar refractivity (Wildman–Crippen MR) is 561 cm³/mol. The highest BCUT2D eigenvalue weighted by Gasteiger charge is 2.39. The van der Waals surface area contributed by atoms with Crippen molar-refractivity contribution in [3.05, 3.63) is 367 Å². The maximum atomic E-state index is 13.2. The number of nitrogens with one attached hydrogen (secondary N) is 3. The van der Waals surface area contributed by atoms with Crippen molar-refractivity contribution >= 4 is 97.8 Å². The molecule has 9 heterocycles. The van der Waals surface area contributed by atoms with Gasteiger partial charge in [0.25, 0.3) is 45.9 Å². The van der Waals surface area contributed by atoms with Gasteiger partial charge in [0.05, 0.1) is 26.4 Å². The molecule has 5 atom stereocenters. The van der Waals surface area contributed by atoms with Crippen LogP contribution in [-0.4, -0.2) is 188 Å². The molecule has 12 aromatic rings. The van der Waals surface area contributed by atoms with Gasteiger partial charge in [0.15, 0.2) is 6.10 Å². The zero-order valence-corrected chi connectivity index (χ0v) is 84.6. The number of nitrogens with zero attached hydrogens (tertiary/aromatic N) is 10. The van der Waals surface area contributed by atoms with Crippen LogP contribution in [0.25, 0.3) is 0 Å². The van der Waals surface area contributed by atoms with Crippen LogP contribution in [-0.2, 0) is 33.4 Å². The number of hydrogen-bond donors (Lipinski definition) is 7. The first kappa shape index (κ1) is 113. The highest BCUT2D eigenvalue weighted by Crippen LogP contribution is 2.33. The number of aromatic hydroxyl groups is 1. The fourth-order valence-electron chi connectivity index (χ4n) is 15.1. The number of halogens is 1. The molecule has 5 amide bonds. The van der Waals surface area contributed by atoms with Crippen LogP contribution in [0.3, 0.4) is 0 Å². The summed E-state index contributed by atoms with van der Waals surface area (Å²) in [5.74, 6) is -1.13. The Morgan fingerprint density at radius 1 is 0.432 bits per heavy atom. The number of phenols is 1. The second kappa shape index (κ2) is 56.1. The van der Waals surface area contributed by atoms with Gasteiger partial charge >= 0.3 is 34.8 Å². The molecule has 5 aliphatic heterocycles. The van der Waals surface area contributed by atoms with Crippen LogP contribution in [0, 0.1) is 6.92 Å². The van der Waals surface area contributed by atoms with Crippen LogP contribution in [0.1, 0.15) is 173 Å². The molecule has 780 valence electrons. The number of benzene rings is 8. The molecule has 17 rings (SSSR count). The molecule has 0 spiro atoms.